The second-order valence-electron chi connectivity index (χ2n) is 11.5. The third-order valence-corrected chi connectivity index (χ3v) is 9.85. The SMILES string of the molecule is CCOc1ccc2nc(N3C(=O)c4oc5cc(C)c(C)cc5c(=O)c4C34C(=O)N(Cc3ccc(F)cc3)c3ccccc34)sc2c1. The molecule has 46 heavy (non-hydrogen) atoms. The summed E-state index contributed by atoms with van der Waals surface area (Å²) in [6.07, 6.45) is 0. The van der Waals surface area contributed by atoms with Crippen LogP contribution in [0.25, 0.3) is 21.2 Å². The standard InChI is InChI=1S/C36H26FN3O5S/c1-4-44-23-13-14-26-29(17-23)46-35(38-26)40-33(42)32-30(31(41)24-15-19(2)20(3)16-28(24)45-32)36(40)25-7-5-6-8-27(25)39(34(36)43)18-21-9-11-22(37)12-10-21/h5-17H,4,18H2,1-3H3. The quantitative estimate of drug-likeness (QED) is 0.203. The number of fused-ring (bicyclic) bond motifs is 6. The van der Waals surface area contributed by atoms with Crippen molar-refractivity contribution in [3.8, 4) is 5.75 Å². The van der Waals surface area contributed by atoms with Gasteiger partial charge in [0.1, 0.15) is 17.1 Å². The molecule has 228 valence electrons. The Labute approximate surface area is 266 Å². The molecular formula is C36H26FN3O5S. The highest BCUT2D eigenvalue weighted by molar-refractivity contribution is 7.22. The van der Waals surface area contributed by atoms with Crippen LogP contribution in [0.5, 0.6) is 5.75 Å². The van der Waals surface area contributed by atoms with Gasteiger partial charge in [-0.2, -0.15) is 0 Å². The molecule has 4 aromatic carbocycles. The van der Waals surface area contributed by atoms with E-state index in [2.05, 4.69) is 0 Å². The fourth-order valence-corrected chi connectivity index (χ4v) is 7.64. The van der Waals surface area contributed by atoms with Crippen LogP contribution in [0.1, 0.15) is 45.3 Å². The van der Waals surface area contributed by atoms with Gasteiger partial charge in [0.15, 0.2) is 16.1 Å². The number of aromatic nitrogens is 1. The first-order valence-corrected chi connectivity index (χ1v) is 15.7. The van der Waals surface area contributed by atoms with Crippen molar-refractivity contribution < 1.29 is 23.1 Å². The van der Waals surface area contributed by atoms with Crippen LogP contribution in [0.15, 0.2) is 88.1 Å². The van der Waals surface area contributed by atoms with Gasteiger partial charge in [0, 0.05) is 5.56 Å². The normalized spacial score (nSPS) is 17.0. The number of hydrogen-bond acceptors (Lipinski definition) is 7. The maximum atomic E-state index is 15.1. The molecule has 0 radical (unpaired) electrons. The molecule has 0 aliphatic carbocycles. The summed E-state index contributed by atoms with van der Waals surface area (Å²) in [4.78, 5) is 52.1. The number of amides is 2. The van der Waals surface area contributed by atoms with Crippen molar-refractivity contribution in [2.24, 2.45) is 0 Å². The zero-order chi connectivity index (χ0) is 31.9. The van der Waals surface area contributed by atoms with Gasteiger partial charge in [-0.1, -0.05) is 41.7 Å². The number of ether oxygens (including phenoxy) is 1. The first-order valence-electron chi connectivity index (χ1n) is 14.8. The van der Waals surface area contributed by atoms with Crippen LogP contribution < -0.4 is 20.0 Å². The van der Waals surface area contributed by atoms with Gasteiger partial charge >= 0.3 is 0 Å². The number of hydrogen-bond donors (Lipinski definition) is 0. The lowest BCUT2D eigenvalue weighted by Gasteiger charge is -2.32. The summed E-state index contributed by atoms with van der Waals surface area (Å²) in [6.45, 7) is 6.26. The second kappa shape index (κ2) is 10.1. The Balaban J connectivity index is 1.43. The Morgan fingerprint density at radius 2 is 1.72 bits per heavy atom. The Hall–Kier alpha value is -5.35. The average Bonchev–Trinajstić information content (AvgIpc) is 3.65. The molecular weight excluding hydrogens is 605 g/mol. The zero-order valence-corrected chi connectivity index (χ0v) is 25.9. The summed E-state index contributed by atoms with van der Waals surface area (Å²) in [5, 5.41) is 0.520. The lowest BCUT2D eigenvalue weighted by molar-refractivity contribution is -0.121. The van der Waals surface area contributed by atoms with Crippen LogP contribution >= 0.6 is 11.3 Å². The minimum atomic E-state index is -1.90. The van der Waals surface area contributed by atoms with Gasteiger partial charge in [0.05, 0.1) is 40.0 Å². The number of para-hydroxylation sites is 1. The van der Waals surface area contributed by atoms with Gasteiger partial charge in [0.2, 0.25) is 5.76 Å². The van der Waals surface area contributed by atoms with E-state index in [1.54, 1.807) is 65.6 Å². The summed E-state index contributed by atoms with van der Waals surface area (Å²) in [5.41, 5.74) is 1.93. The average molecular weight is 632 g/mol. The Bertz CT molecular complexity index is 2330. The smallest absolute Gasteiger partial charge is 0.297 e. The predicted octanol–water partition coefficient (Wildman–Crippen LogP) is 7.01. The van der Waals surface area contributed by atoms with Gasteiger partial charge in [-0.15, -0.1) is 0 Å². The summed E-state index contributed by atoms with van der Waals surface area (Å²) >= 11 is 1.23. The molecule has 1 spiro atoms. The number of thiazole rings is 1. The lowest BCUT2D eigenvalue weighted by Crippen LogP contribution is -2.53. The monoisotopic (exact) mass is 631 g/mol. The van der Waals surface area contributed by atoms with Crippen LogP contribution in [-0.2, 0) is 16.9 Å². The molecule has 10 heteroatoms. The van der Waals surface area contributed by atoms with E-state index in [1.165, 1.54) is 28.4 Å². The van der Waals surface area contributed by atoms with Gasteiger partial charge in [-0.05, 0) is 86.0 Å². The molecule has 2 aliphatic heterocycles. The molecule has 2 aromatic heterocycles. The molecule has 8 rings (SSSR count). The number of carbonyl (C=O) groups excluding carboxylic acids is 2. The minimum Gasteiger partial charge on any atom is -0.494 e. The molecule has 1 unspecified atom stereocenters. The van der Waals surface area contributed by atoms with E-state index in [1.807, 2.05) is 26.8 Å². The lowest BCUT2D eigenvalue weighted by atomic mass is 9.84. The van der Waals surface area contributed by atoms with Crippen molar-refractivity contribution >= 4 is 55.2 Å². The molecule has 2 amide bonds. The van der Waals surface area contributed by atoms with Gasteiger partial charge < -0.3 is 14.1 Å². The van der Waals surface area contributed by atoms with Crippen molar-refractivity contribution in [1.29, 1.82) is 0 Å². The summed E-state index contributed by atoms with van der Waals surface area (Å²) < 4.78 is 26.5. The van der Waals surface area contributed by atoms with Crippen LogP contribution in [0.4, 0.5) is 15.2 Å². The first-order chi connectivity index (χ1) is 22.2. The van der Waals surface area contributed by atoms with E-state index in [4.69, 9.17) is 14.1 Å². The fourth-order valence-electron chi connectivity index (χ4n) is 6.59. The maximum absolute atomic E-state index is 15.1. The number of rotatable bonds is 5. The van der Waals surface area contributed by atoms with Crippen molar-refractivity contribution in [2.75, 3.05) is 16.4 Å². The van der Waals surface area contributed by atoms with Crippen molar-refractivity contribution in [1.82, 2.24) is 4.98 Å². The molecule has 0 fully saturated rings. The van der Waals surface area contributed by atoms with Gasteiger partial charge in [-0.25, -0.2) is 9.37 Å². The molecule has 0 saturated carbocycles. The van der Waals surface area contributed by atoms with Crippen LogP contribution in [0, 0.1) is 19.7 Å². The van der Waals surface area contributed by atoms with Gasteiger partial charge in [-0.3, -0.25) is 19.3 Å². The van der Waals surface area contributed by atoms with Crippen molar-refractivity contribution in [2.45, 2.75) is 32.9 Å². The Kier molecular flexibility index (Phi) is 6.17. The van der Waals surface area contributed by atoms with Crippen molar-refractivity contribution in [3.63, 3.8) is 0 Å². The molecule has 0 N–H and O–H groups in total. The van der Waals surface area contributed by atoms with Crippen molar-refractivity contribution in [3.05, 3.63) is 128 Å². The number of aryl methyl sites for hydroxylation is 2. The Morgan fingerprint density at radius 1 is 0.957 bits per heavy atom. The topological polar surface area (TPSA) is 93.0 Å². The van der Waals surface area contributed by atoms with E-state index in [9.17, 15) is 14.0 Å². The molecule has 4 heterocycles. The van der Waals surface area contributed by atoms with Crippen LogP contribution in [-0.4, -0.2) is 23.4 Å². The highest BCUT2D eigenvalue weighted by Crippen LogP contribution is 2.55. The summed E-state index contributed by atoms with van der Waals surface area (Å²) in [7, 11) is 0. The predicted molar refractivity (Wildman–Crippen MR) is 174 cm³/mol. The fraction of sp³-hybridized carbons (Fsp3) is 0.167. The van der Waals surface area contributed by atoms with Crippen LogP contribution in [0.2, 0.25) is 0 Å². The third-order valence-electron chi connectivity index (χ3n) is 8.85. The number of halogens is 1. The first kappa shape index (κ1) is 28.1. The molecule has 0 bridgehead atoms. The van der Waals surface area contributed by atoms with E-state index in [-0.39, 0.29) is 34.0 Å². The van der Waals surface area contributed by atoms with E-state index in [0.717, 1.165) is 15.8 Å². The number of benzene rings is 4. The number of nitrogens with zero attached hydrogens (tertiary/aromatic N) is 3. The van der Waals surface area contributed by atoms with E-state index < -0.39 is 28.6 Å². The van der Waals surface area contributed by atoms with Gasteiger partial charge in [0.25, 0.3) is 11.8 Å². The minimum absolute atomic E-state index is 0.0402. The van der Waals surface area contributed by atoms with Crippen LogP contribution in [0.3, 0.4) is 0 Å². The Morgan fingerprint density at radius 3 is 2.50 bits per heavy atom. The molecule has 2 aliphatic rings. The number of carbonyl (C=O) groups is 2. The zero-order valence-electron chi connectivity index (χ0n) is 25.1. The highest BCUT2D eigenvalue weighted by Gasteiger charge is 2.66. The largest absolute Gasteiger partial charge is 0.494 e. The summed E-state index contributed by atoms with van der Waals surface area (Å²) in [5.74, 6) is -1.08. The van der Waals surface area contributed by atoms with E-state index >= 15 is 4.79 Å². The molecule has 8 nitrogen and oxygen atoms in total. The molecule has 1 atom stereocenters. The number of anilines is 2. The second-order valence-corrected chi connectivity index (χ2v) is 12.5. The summed E-state index contributed by atoms with van der Waals surface area (Å²) in [6, 6.07) is 21.9. The molecule has 6 aromatic rings. The third kappa shape index (κ3) is 3.83. The highest BCUT2D eigenvalue weighted by atomic mass is 32.1. The molecule has 0 saturated heterocycles. The van der Waals surface area contributed by atoms with E-state index in [0.29, 0.717) is 34.7 Å². The maximum Gasteiger partial charge on any atom is 0.297 e.